The highest BCUT2D eigenvalue weighted by molar-refractivity contribution is 5.83. The van der Waals surface area contributed by atoms with E-state index in [1.807, 2.05) is 35.2 Å². The van der Waals surface area contributed by atoms with Crippen LogP contribution in [0.25, 0.3) is 11.1 Å². The van der Waals surface area contributed by atoms with Crippen LogP contribution in [0, 0.1) is 11.8 Å². The van der Waals surface area contributed by atoms with E-state index in [2.05, 4.69) is 60.9 Å². The maximum atomic E-state index is 13.0. The van der Waals surface area contributed by atoms with Gasteiger partial charge in [0.2, 0.25) is 5.91 Å². The number of carbonyl (C=O) groups excluding carboxylic acids is 2. The van der Waals surface area contributed by atoms with E-state index in [4.69, 9.17) is 4.74 Å². The second kappa shape index (κ2) is 11.9. The third-order valence-electron chi connectivity index (χ3n) is 8.28. The molecule has 3 atom stereocenters. The third-order valence-corrected chi connectivity index (χ3v) is 8.28. The zero-order valence-electron chi connectivity index (χ0n) is 23.2. The SMILES string of the molecule is CCC(C)CNC(=O)N1CCc2c(-c3cccc(OC)c3)ccc(CNC(=O)[C@@H]3C[C@H]3c3ccccc3)c2C1. The van der Waals surface area contributed by atoms with Crippen molar-refractivity contribution in [3.05, 3.63) is 89.0 Å². The van der Waals surface area contributed by atoms with Gasteiger partial charge in [0.1, 0.15) is 5.75 Å². The molecule has 1 fully saturated rings. The molecular weight excluding hydrogens is 486 g/mol. The van der Waals surface area contributed by atoms with Gasteiger partial charge in [-0.05, 0) is 70.2 Å². The summed E-state index contributed by atoms with van der Waals surface area (Å²) in [5, 5.41) is 6.31. The van der Waals surface area contributed by atoms with Gasteiger partial charge in [0, 0.05) is 32.1 Å². The van der Waals surface area contributed by atoms with Crippen molar-refractivity contribution >= 4 is 11.9 Å². The predicted octanol–water partition coefficient (Wildman–Crippen LogP) is 5.90. The minimum absolute atomic E-state index is 0.0218. The van der Waals surface area contributed by atoms with Gasteiger partial charge in [-0.15, -0.1) is 0 Å². The van der Waals surface area contributed by atoms with E-state index in [9.17, 15) is 9.59 Å². The number of nitrogens with one attached hydrogen (secondary N) is 2. The number of rotatable bonds is 9. The van der Waals surface area contributed by atoms with Gasteiger partial charge in [-0.1, -0.05) is 74.9 Å². The lowest BCUT2D eigenvalue weighted by atomic mass is 9.87. The Morgan fingerprint density at radius 3 is 2.62 bits per heavy atom. The first kappa shape index (κ1) is 26.8. The largest absolute Gasteiger partial charge is 0.497 e. The Balaban J connectivity index is 1.36. The third kappa shape index (κ3) is 6.11. The highest BCUT2D eigenvalue weighted by Gasteiger charge is 2.43. The molecular formula is C33H39N3O3. The first-order valence-electron chi connectivity index (χ1n) is 14.1. The standard InChI is InChI=1S/C33H39N3O3/c1-4-22(2)19-35-33(38)36-16-15-28-27(24-11-8-12-26(17-24)39-3)14-13-25(31(28)21-36)20-34-32(37)30-18-29(30)23-9-6-5-7-10-23/h5-14,17,22,29-30H,4,15-16,18-21H2,1-3H3,(H,34,37)(H,35,38)/t22?,29-,30+/m0/s1. The van der Waals surface area contributed by atoms with Gasteiger partial charge in [0.15, 0.2) is 0 Å². The molecule has 1 aliphatic heterocycles. The fourth-order valence-corrected chi connectivity index (χ4v) is 5.53. The number of amides is 3. The normalized spacial score (nSPS) is 18.6. The number of methoxy groups -OCH3 is 1. The van der Waals surface area contributed by atoms with Crippen LogP contribution < -0.4 is 15.4 Å². The zero-order valence-corrected chi connectivity index (χ0v) is 23.2. The van der Waals surface area contributed by atoms with E-state index < -0.39 is 0 Å². The van der Waals surface area contributed by atoms with Crippen LogP contribution in [-0.4, -0.2) is 37.0 Å². The smallest absolute Gasteiger partial charge is 0.317 e. The lowest BCUT2D eigenvalue weighted by molar-refractivity contribution is -0.122. The Kier molecular flexibility index (Phi) is 8.20. The van der Waals surface area contributed by atoms with E-state index in [0.717, 1.165) is 47.3 Å². The number of fused-ring (bicyclic) bond motifs is 1. The summed E-state index contributed by atoms with van der Waals surface area (Å²) in [6.45, 7) is 6.61. The second-order valence-corrected chi connectivity index (χ2v) is 10.9. The summed E-state index contributed by atoms with van der Waals surface area (Å²) >= 11 is 0. The van der Waals surface area contributed by atoms with E-state index in [1.54, 1.807) is 7.11 Å². The van der Waals surface area contributed by atoms with Crippen molar-refractivity contribution in [3.63, 3.8) is 0 Å². The molecule has 204 valence electrons. The van der Waals surface area contributed by atoms with Gasteiger partial charge in [0.05, 0.1) is 7.11 Å². The van der Waals surface area contributed by atoms with Crippen LogP contribution in [0.2, 0.25) is 0 Å². The predicted molar refractivity (Wildman–Crippen MR) is 155 cm³/mol. The number of nitrogens with zero attached hydrogens (tertiary/aromatic N) is 1. The van der Waals surface area contributed by atoms with Crippen LogP contribution in [0.4, 0.5) is 4.79 Å². The molecule has 0 spiro atoms. The van der Waals surface area contributed by atoms with Crippen molar-refractivity contribution in [1.29, 1.82) is 0 Å². The molecule has 0 radical (unpaired) electrons. The molecule has 2 aliphatic rings. The monoisotopic (exact) mass is 525 g/mol. The second-order valence-electron chi connectivity index (χ2n) is 10.9. The number of ether oxygens (including phenoxy) is 1. The van der Waals surface area contributed by atoms with E-state index in [-0.39, 0.29) is 17.9 Å². The Bertz CT molecular complexity index is 1320. The van der Waals surface area contributed by atoms with E-state index >= 15 is 0 Å². The summed E-state index contributed by atoms with van der Waals surface area (Å²) in [7, 11) is 1.68. The molecule has 1 saturated carbocycles. The minimum Gasteiger partial charge on any atom is -0.497 e. The molecule has 5 rings (SSSR count). The quantitative estimate of drug-likeness (QED) is 0.366. The van der Waals surface area contributed by atoms with Crippen molar-refractivity contribution in [2.75, 3.05) is 20.2 Å². The highest BCUT2D eigenvalue weighted by atomic mass is 16.5. The van der Waals surface area contributed by atoms with Gasteiger partial charge < -0.3 is 20.3 Å². The Morgan fingerprint density at radius 1 is 1.03 bits per heavy atom. The molecule has 0 bridgehead atoms. The fraction of sp³-hybridized carbons (Fsp3) is 0.394. The molecule has 3 aromatic rings. The van der Waals surface area contributed by atoms with Crippen LogP contribution in [0.1, 0.15) is 54.9 Å². The van der Waals surface area contributed by atoms with Gasteiger partial charge >= 0.3 is 6.03 Å². The van der Waals surface area contributed by atoms with Gasteiger partial charge in [-0.3, -0.25) is 4.79 Å². The average Bonchev–Trinajstić information content (AvgIpc) is 3.80. The maximum absolute atomic E-state index is 13.0. The van der Waals surface area contributed by atoms with Crippen LogP contribution in [-0.2, 0) is 24.3 Å². The number of urea groups is 1. The molecule has 0 aromatic heterocycles. The van der Waals surface area contributed by atoms with Gasteiger partial charge in [-0.25, -0.2) is 4.79 Å². The summed E-state index contributed by atoms with van der Waals surface area (Å²) < 4.78 is 5.47. The Hall–Kier alpha value is -3.80. The summed E-state index contributed by atoms with van der Waals surface area (Å²) in [6.07, 6.45) is 2.69. The van der Waals surface area contributed by atoms with E-state index in [1.165, 1.54) is 11.1 Å². The lowest BCUT2D eigenvalue weighted by Crippen LogP contribution is -2.44. The molecule has 39 heavy (non-hydrogen) atoms. The average molecular weight is 526 g/mol. The fourth-order valence-electron chi connectivity index (χ4n) is 5.53. The number of benzene rings is 3. The van der Waals surface area contributed by atoms with Crippen LogP contribution in [0.5, 0.6) is 5.75 Å². The molecule has 1 heterocycles. The zero-order chi connectivity index (χ0) is 27.4. The summed E-state index contributed by atoms with van der Waals surface area (Å²) in [6, 6.07) is 22.6. The highest BCUT2D eigenvalue weighted by Crippen LogP contribution is 2.47. The molecule has 3 aromatic carbocycles. The topological polar surface area (TPSA) is 70.7 Å². The number of carbonyl (C=O) groups is 2. The number of hydrogen-bond donors (Lipinski definition) is 2. The summed E-state index contributed by atoms with van der Waals surface area (Å²) in [5.41, 5.74) is 6.94. The molecule has 0 saturated heterocycles. The van der Waals surface area contributed by atoms with Crippen molar-refractivity contribution in [1.82, 2.24) is 15.5 Å². The molecule has 6 nitrogen and oxygen atoms in total. The Labute approximate surface area is 231 Å². The van der Waals surface area contributed by atoms with Gasteiger partial charge in [-0.2, -0.15) is 0 Å². The first-order chi connectivity index (χ1) is 19.0. The van der Waals surface area contributed by atoms with E-state index in [0.29, 0.717) is 38.0 Å². The molecule has 2 N–H and O–H groups in total. The maximum Gasteiger partial charge on any atom is 0.317 e. The van der Waals surface area contributed by atoms with Crippen LogP contribution in [0.3, 0.4) is 0 Å². The summed E-state index contributed by atoms with van der Waals surface area (Å²) in [5.74, 6) is 1.70. The van der Waals surface area contributed by atoms with Crippen LogP contribution >= 0.6 is 0 Å². The molecule has 1 unspecified atom stereocenters. The first-order valence-corrected chi connectivity index (χ1v) is 14.1. The molecule has 1 aliphatic carbocycles. The van der Waals surface area contributed by atoms with Crippen LogP contribution in [0.15, 0.2) is 66.7 Å². The lowest BCUT2D eigenvalue weighted by Gasteiger charge is -2.32. The molecule has 3 amide bonds. The van der Waals surface area contributed by atoms with Crippen molar-refractivity contribution in [2.45, 2.75) is 52.1 Å². The summed E-state index contributed by atoms with van der Waals surface area (Å²) in [4.78, 5) is 28.0. The van der Waals surface area contributed by atoms with Crippen molar-refractivity contribution in [3.8, 4) is 16.9 Å². The minimum atomic E-state index is -0.0218. The van der Waals surface area contributed by atoms with Crippen molar-refractivity contribution < 1.29 is 14.3 Å². The van der Waals surface area contributed by atoms with Crippen molar-refractivity contribution in [2.24, 2.45) is 11.8 Å². The Morgan fingerprint density at radius 2 is 1.85 bits per heavy atom. The van der Waals surface area contributed by atoms with Gasteiger partial charge in [0.25, 0.3) is 0 Å². The number of hydrogen-bond acceptors (Lipinski definition) is 3. The molecule has 6 heteroatoms.